The van der Waals surface area contributed by atoms with E-state index in [0.29, 0.717) is 11.8 Å². The number of aromatic hydroxyl groups is 1. The Morgan fingerprint density at radius 3 is 2.65 bits per heavy atom. The molecule has 0 spiro atoms. The van der Waals surface area contributed by atoms with Gasteiger partial charge in [0.25, 0.3) is 0 Å². The largest absolute Gasteiger partial charge is 0.508 e. The maximum absolute atomic E-state index is 9.48. The first-order chi connectivity index (χ1) is 9.78. The molecule has 2 heterocycles. The minimum Gasteiger partial charge on any atom is -0.508 e. The highest BCUT2D eigenvalue weighted by atomic mass is 32.1. The lowest BCUT2D eigenvalue weighted by Gasteiger charge is -2.42. The van der Waals surface area contributed by atoms with Gasteiger partial charge < -0.3 is 10.0 Å². The van der Waals surface area contributed by atoms with E-state index in [1.165, 1.54) is 11.3 Å². The van der Waals surface area contributed by atoms with E-state index in [1.807, 2.05) is 12.1 Å². The molecule has 3 nitrogen and oxygen atoms in total. The lowest BCUT2D eigenvalue weighted by molar-refractivity contribution is 0.234. The summed E-state index contributed by atoms with van der Waals surface area (Å²) in [7, 11) is 0. The van der Waals surface area contributed by atoms with Gasteiger partial charge in [-0.25, -0.2) is 0 Å². The molecule has 4 heteroatoms. The monoisotopic (exact) mass is 288 g/mol. The van der Waals surface area contributed by atoms with Crippen LogP contribution in [-0.2, 0) is 0 Å². The summed E-state index contributed by atoms with van der Waals surface area (Å²) in [5.74, 6) is 0.332. The summed E-state index contributed by atoms with van der Waals surface area (Å²) in [5, 5.41) is 13.8. The van der Waals surface area contributed by atoms with Crippen LogP contribution in [0.5, 0.6) is 5.75 Å². The van der Waals surface area contributed by atoms with E-state index in [9.17, 15) is 5.11 Å². The summed E-state index contributed by atoms with van der Waals surface area (Å²) in [4.78, 5) is 4.97. The van der Waals surface area contributed by atoms with Crippen LogP contribution in [0.3, 0.4) is 0 Å². The Morgan fingerprint density at radius 1 is 1.20 bits per heavy atom. The number of phenols is 1. The van der Waals surface area contributed by atoms with Crippen molar-refractivity contribution in [2.45, 2.75) is 13.0 Å². The second-order valence-corrected chi connectivity index (χ2v) is 5.96. The smallest absolute Gasteiger partial charge is 0.115 e. The van der Waals surface area contributed by atoms with Gasteiger partial charge >= 0.3 is 0 Å². The molecule has 0 radical (unpaired) electrons. The predicted octanol–water partition coefficient (Wildman–Crippen LogP) is 3.34. The second kappa shape index (κ2) is 5.85. The van der Waals surface area contributed by atoms with E-state index in [4.69, 9.17) is 0 Å². The van der Waals surface area contributed by atoms with Crippen LogP contribution in [-0.4, -0.2) is 36.2 Å². The van der Waals surface area contributed by atoms with E-state index in [1.54, 1.807) is 23.5 Å². The van der Waals surface area contributed by atoms with Gasteiger partial charge in [-0.05, 0) is 35.7 Å². The van der Waals surface area contributed by atoms with Gasteiger partial charge in [0, 0.05) is 30.7 Å². The van der Waals surface area contributed by atoms with Crippen molar-refractivity contribution >= 4 is 17.0 Å². The number of rotatable bonds is 3. The van der Waals surface area contributed by atoms with Gasteiger partial charge in [0.1, 0.15) is 5.75 Å². The summed E-state index contributed by atoms with van der Waals surface area (Å²) >= 11 is 1.74. The summed E-state index contributed by atoms with van der Waals surface area (Å²) in [6.45, 7) is 6.51. The molecule has 0 aliphatic carbocycles. The minimum absolute atomic E-state index is 0.332. The Balaban J connectivity index is 1.90. The van der Waals surface area contributed by atoms with E-state index >= 15 is 0 Å². The number of nitrogens with zero attached hydrogens (tertiary/aromatic N) is 2. The van der Waals surface area contributed by atoms with Gasteiger partial charge in [0.15, 0.2) is 0 Å². The molecule has 1 saturated heterocycles. The maximum Gasteiger partial charge on any atom is 0.115 e. The Morgan fingerprint density at radius 2 is 2.00 bits per heavy atom. The molecule has 2 aromatic rings. The number of benzene rings is 1. The Bertz CT molecular complexity index is 538. The third kappa shape index (κ3) is 2.67. The highest BCUT2D eigenvalue weighted by Crippen LogP contribution is 2.32. The molecule has 106 valence electrons. The van der Waals surface area contributed by atoms with Crippen LogP contribution in [0.4, 0.5) is 5.69 Å². The average molecular weight is 288 g/mol. The van der Waals surface area contributed by atoms with E-state index < -0.39 is 0 Å². The summed E-state index contributed by atoms with van der Waals surface area (Å²) < 4.78 is 0. The zero-order valence-corrected chi connectivity index (χ0v) is 12.5. The quantitative estimate of drug-likeness (QED) is 0.938. The van der Waals surface area contributed by atoms with Crippen molar-refractivity contribution in [1.82, 2.24) is 4.90 Å². The highest BCUT2D eigenvalue weighted by molar-refractivity contribution is 7.08. The van der Waals surface area contributed by atoms with Gasteiger partial charge in [-0.2, -0.15) is 11.3 Å². The number of anilines is 1. The first-order valence-electron chi connectivity index (χ1n) is 7.08. The third-order valence-corrected chi connectivity index (χ3v) is 4.70. The number of hydrogen-bond donors (Lipinski definition) is 1. The molecule has 20 heavy (non-hydrogen) atoms. The number of piperazine rings is 1. The molecule has 0 saturated carbocycles. The molecule has 1 aliphatic heterocycles. The maximum atomic E-state index is 9.48. The van der Waals surface area contributed by atoms with Crippen LogP contribution < -0.4 is 4.90 Å². The van der Waals surface area contributed by atoms with Crippen molar-refractivity contribution in [3.63, 3.8) is 0 Å². The normalized spacial score (nSPS) is 20.2. The fraction of sp³-hybridized carbons (Fsp3) is 0.375. The Labute approximate surface area is 124 Å². The summed E-state index contributed by atoms with van der Waals surface area (Å²) in [6, 6.07) is 10.2. The lowest BCUT2D eigenvalue weighted by Crippen LogP contribution is -2.48. The molecule has 1 fully saturated rings. The Hall–Kier alpha value is -1.52. The van der Waals surface area contributed by atoms with Gasteiger partial charge in [-0.1, -0.05) is 19.1 Å². The first kappa shape index (κ1) is 13.5. The number of phenolic OH excluding ortho intramolecular Hbond substituents is 1. The van der Waals surface area contributed by atoms with Crippen molar-refractivity contribution in [3.05, 3.63) is 46.7 Å². The molecule has 3 rings (SSSR count). The second-order valence-electron chi connectivity index (χ2n) is 5.18. The number of likely N-dealkylation sites (N-methyl/N-ethyl adjacent to an activating group) is 1. The van der Waals surface area contributed by atoms with Gasteiger partial charge in [-0.3, -0.25) is 4.90 Å². The first-order valence-corrected chi connectivity index (χ1v) is 8.02. The predicted molar refractivity (Wildman–Crippen MR) is 84.6 cm³/mol. The molecule has 1 N–H and O–H groups in total. The zero-order valence-electron chi connectivity index (χ0n) is 11.7. The van der Waals surface area contributed by atoms with E-state index in [2.05, 4.69) is 33.6 Å². The van der Waals surface area contributed by atoms with Crippen LogP contribution in [0.25, 0.3) is 0 Å². The standard InChI is InChI=1S/C16H20N2OS/c1-2-17-8-9-18(14-7-10-20-12-14)16(11-17)13-3-5-15(19)6-4-13/h3-7,10,12,16,19H,2,8-9,11H2,1H3. The molecule has 1 aliphatic rings. The third-order valence-electron chi connectivity index (χ3n) is 4.03. The van der Waals surface area contributed by atoms with E-state index in [0.717, 1.165) is 26.2 Å². The van der Waals surface area contributed by atoms with Crippen LogP contribution in [0.2, 0.25) is 0 Å². The lowest BCUT2D eigenvalue weighted by atomic mass is 10.0. The fourth-order valence-electron chi connectivity index (χ4n) is 2.84. The SMILES string of the molecule is CCN1CCN(c2ccsc2)C(c2ccc(O)cc2)C1. The van der Waals surface area contributed by atoms with E-state index in [-0.39, 0.29) is 0 Å². The molecular formula is C16H20N2OS. The van der Waals surface area contributed by atoms with Gasteiger partial charge in [0.05, 0.1) is 6.04 Å². The summed E-state index contributed by atoms with van der Waals surface area (Å²) in [5.41, 5.74) is 2.58. The molecule has 0 bridgehead atoms. The van der Waals surface area contributed by atoms with Crippen LogP contribution in [0, 0.1) is 0 Å². The van der Waals surface area contributed by atoms with Crippen LogP contribution in [0.1, 0.15) is 18.5 Å². The van der Waals surface area contributed by atoms with Gasteiger partial charge in [0.2, 0.25) is 0 Å². The topological polar surface area (TPSA) is 26.7 Å². The number of hydrogen-bond acceptors (Lipinski definition) is 4. The van der Waals surface area contributed by atoms with Crippen molar-refractivity contribution < 1.29 is 5.11 Å². The fourth-order valence-corrected chi connectivity index (χ4v) is 3.49. The van der Waals surface area contributed by atoms with Gasteiger partial charge in [-0.15, -0.1) is 0 Å². The van der Waals surface area contributed by atoms with Crippen molar-refractivity contribution in [1.29, 1.82) is 0 Å². The molecule has 1 unspecified atom stereocenters. The van der Waals surface area contributed by atoms with Crippen molar-refractivity contribution in [2.24, 2.45) is 0 Å². The molecule has 1 aromatic heterocycles. The van der Waals surface area contributed by atoms with Crippen molar-refractivity contribution in [3.8, 4) is 5.75 Å². The highest BCUT2D eigenvalue weighted by Gasteiger charge is 2.27. The molecule has 1 aromatic carbocycles. The summed E-state index contributed by atoms with van der Waals surface area (Å²) in [6.07, 6.45) is 0. The number of thiophene rings is 1. The van der Waals surface area contributed by atoms with Crippen LogP contribution >= 0.6 is 11.3 Å². The minimum atomic E-state index is 0.332. The van der Waals surface area contributed by atoms with Crippen LogP contribution in [0.15, 0.2) is 41.1 Å². The average Bonchev–Trinajstić information content (AvgIpc) is 3.01. The molecular weight excluding hydrogens is 268 g/mol. The molecule has 0 amide bonds. The van der Waals surface area contributed by atoms with Crippen molar-refractivity contribution in [2.75, 3.05) is 31.1 Å². The molecule has 1 atom stereocenters. The zero-order chi connectivity index (χ0) is 13.9. The Kier molecular flexibility index (Phi) is 3.94.